The topological polar surface area (TPSA) is 50.4 Å². The standard InChI is InChI=1S/C14H20N2O2/c17-14(10-15-13-8-4-5-9-13)16-18-11-12-6-2-1-3-7-12/h1-3,6-7,13,15H,4-5,8-11H2,(H,16,17). The molecule has 4 heteroatoms. The van der Waals surface area contributed by atoms with Gasteiger partial charge in [-0.1, -0.05) is 43.2 Å². The van der Waals surface area contributed by atoms with Gasteiger partial charge in [0.15, 0.2) is 0 Å². The van der Waals surface area contributed by atoms with Crippen molar-refractivity contribution >= 4 is 5.91 Å². The van der Waals surface area contributed by atoms with Gasteiger partial charge in [-0.2, -0.15) is 0 Å². The molecule has 0 radical (unpaired) electrons. The van der Waals surface area contributed by atoms with E-state index in [1.54, 1.807) is 0 Å². The van der Waals surface area contributed by atoms with E-state index < -0.39 is 0 Å². The van der Waals surface area contributed by atoms with Gasteiger partial charge in [0, 0.05) is 6.04 Å². The number of amides is 1. The Morgan fingerprint density at radius 2 is 1.94 bits per heavy atom. The van der Waals surface area contributed by atoms with Gasteiger partial charge in [-0.25, -0.2) is 5.48 Å². The highest BCUT2D eigenvalue weighted by Gasteiger charge is 2.15. The van der Waals surface area contributed by atoms with Crippen molar-refractivity contribution in [3.8, 4) is 0 Å². The lowest BCUT2D eigenvalue weighted by Crippen LogP contribution is -2.38. The van der Waals surface area contributed by atoms with Crippen LogP contribution in [-0.2, 0) is 16.2 Å². The van der Waals surface area contributed by atoms with E-state index in [1.165, 1.54) is 25.7 Å². The smallest absolute Gasteiger partial charge is 0.257 e. The van der Waals surface area contributed by atoms with E-state index in [4.69, 9.17) is 4.84 Å². The van der Waals surface area contributed by atoms with Crippen LogP contribution in [0.4, 0.5) is 0 Å². The van der Waals surface area contributed by atoms with Gasteiger partial charge in [-0.15, -0.1) is 0 Å². The highest BCUT2D eigenvalue weighted by atomic mass is 16.6. The largest absolute Gasteiger partial charge is 0.306 e. The van der Waals surface area contributed by atoms with E-state index in [1.807, 2.05) is 30.3 Å². The van der Waals surface area contributed by atoms with Crippen molar-refractivity contribution in [2.75, 3.05) is 6.54 Å². The zero-order valence-electron chi connectivity index (χ0n) is 10.5. The normalized spacial score (nSPS) is 15.8. The van der Waals surface area contributed by atoms with Crippen LogP contribution in [0.25, 0.3) is 0 Å². The number of carbonyl (C=O) groups is 1. The van der Waals surface area contributed by atoms with Crippen molar-refractivity contribution in [2.45, 2.75) is 38.3 Å². The Labute approximate surface area is 108 Å². The molecule has 0 spiro atoms. The third kappa shape index (κ3) is 4.47. The van der Waals surface area contributed by atoms with E-state index in [2.05, 4.69) is 10.8 Å². The Hall–Kier alpha value is -1.39. The number of hydrogen-bond acceptors (Lipinski definition) is 3. The number of hydrogen-bond donors (Lipinski definition) is 2. The van der Waals surface area contributed by atoms with Crippen LogP contribution in [-0.4, -0.2) is 18.5 Å². The molecule has 4 nitrogen and oxygen atoms in total. The zero-order chi connectivity index (χ0) is 12.6. The van der Waals surface area contributed by atoms with Gasteiger partial charge in [-0.05, 0) is 18.4 Å². The Morgan fingerprint density at radius 3 is 2.67 bits per heavy atom. The number of benzene rings is 1. The fourth-order valence-electron chi connectivity index (χ4n) is 2.18. The highest BCUT2D eigenvalue weighted by molar-refractivity contribution is 5.76. The second-order valence-electron chi connectivity index (χ2n) is 4.66. The van der Waals surface area contributed by atoms with Crippen molar-refractivity contribution in [3.63, 3.8) is 0 Å². The molecule has 1 saturated carbocycles. The van der Waals surface area contributed by atoms with Crippen LogP contribution in [0.2, 0.25) is 0 Å². The molecule has 98 valence electrons. The third-order valence-corrected chi connectivity index (χ3v) is 3.17. The SMILES string of the molecule is O=C(CNC1CCCC1)NOCc1ccccc1. The van der Waals surface area contributed by atoms with Crippen molar-refractivity contribution < 1.29 is 9.63 Å². The van der Waals surface area contributed by atoms with Gasteiger partial charge in [0.1, 0.15) is 0 Å². The first kappa shape index (κ1) is 13.1. The molecule has 1 fully saturated rings. The van der Waals surface area contributed by atoms with Gasteiger partial charge >= 0.3 is 0 Å². The summed E-state index contributed by atoms with van der Waals surface area (Å²) in [6, 6.07) is 10.3. The average molecular weight is 248 g/mol. The quantitative estimate of drug-likeness (QED) is 0.754. The summed E-state index contributed by atoms with van der Waals surface area (Å²) in [5, 5.41) is 3.24. The van der Waals surface area contributed by atoms with Crippen molar-refractivity contribution in [1.29, 1.82) is 0 Å². The van der Waals surface area contributed by atoms with Gasteiger partial charge < -0.3 is 5.32 Å². The molecule has 1 aliphatic carbocycles. The number of nitrogens with one attached hydrogen (secondary N) is 2. The average Bonchev–Trinajstić information content (AvgIpc) is 2.91. The summed E-state index contributed by atoms with van der Waals surface area (Å²) in [4.78, 5) is 16.6. The minimum atomic E-state index is -0.113. The molecule has 18 heavy (non-hydrogen) atoms. The van der Waals surface area contributed by atoms with E-state index in [9.17, 15) is 4.79 Å². The fourth-order valence-corrected chi connectivity index (χ4v) is 2.18. The molecule has 1 aromatic carbocycles. The minimum Gasteiger partial charge on any atom is -0.306 e. The Morgan fingerprint density at radius 1 is 1.22 bits per heavy atom. The molecule has 0 aliphatic heterocycles. The molecule has 1 aromatic rings. The second kappa shape index (κ2) is 7.13. The predicted molar refractivity (Wildman–Crippen MR) is 69.6 cm³/mol. The molecule has 0 bridgehead atoms. The Balaban J connectivity index is 1.57. The molecular weight excluding hydrogens is 228 g/mol. The molecular formula is C14H20N2O2. The maximum atomic E-state index is 11.5. The lowest BCUT2D eigenvalue weighted by atomic mass is 10.2. The van der Waals surface area contributed by atoms with Crippen LogP contribution < -0.4 is 10.8 Å². The van der Waals surface area contributed by atoms with Crippen LogP contribution in [0.1, 0.15) is 31.2 Å². The predicted octanol–water partition coefficient (Wildman–Crippen LogP) is 1.77. The molecule has 2 rings (SSSR count). The molecule has 0 atom stereocenters. The minimum absolute atomic E-state index is 0.113. The molecule has 1 aliphatic rings. The van der Waals surface area contributed by atoms with Crippen molar-refractivity contribution in [3.05, 3.63) is 35.9 Å². The number of hydroxylamine groups is 1. The summed E-state index contributed by atoms with van der Waals surface area (Å²) in [5.41, 5.74) is 3.50. The molecule has 0 heterocycles. The summed E-state index contributed by atoms with van der Waals surface area (Å²) < 4.78 is 0. The highest BCUT2D eigenvalue weighted by Crippen LogP contribution is 2.17. The first-order chi connectivity index (χ1) is 8.84. The van der Waals surface area contributed by atoms with Crippen molar-refractivity contribution in [1.82, 2.24) is 10.8 Å². The third-order valence-electron chi connectivity index (χ3n) is 3.17. The first-order valence-corrected chi connectivity index (χ1v) is 6.52. The fraction of sp³-hybridized carbons (Fsp3) is 0.500. The monoisotopic (exact) mass is 248 g/mol. The number of rotatable bonds is 6. The molecule has 0 saturated heterocycles. The molecule has 2 N–H and O–H groups in total. The van der Waals surface area contributed by atoms with Gasteiger partial charge in [-0.3, -0.25) is 9.63 Å². The van der Waals surface area contributed by atoms with Crippen LogP contribution in [0.5, 0.6) is 0 Å². The summed E-state index contributed by atoms with van der Waals surface area (Å²) in [5.74, 6) is -0.113. The maximum Gasteiger partial charge on any atom is 0.257 e. The summed E-state index contributed by atoms with van der Waals surface area (Å²) >= 11 is 0. The van der Waals surface area contributed by atoms with Gasteiger partial charge in [0.25, 0.3) is 5.91 Å². The zero-order valence-corrected chi connectivity index (χ0v) is 10.5. The summed E-state index contributed by atoms with van der Waals surface area (Å²) in [6.45, 7) is 0.732. The van der Waals surface area contributed by atoms with Crippen LogP contribution in [0.15, 0.2) is 30.3 Å². The first-order valence-electron chi connectivity index (χ1n) is 6.52. The van der Waals surface area contributed by atoms with Crippen LogP contribution in [0, 0.1) is 0 Å². The second-order valence-corrected chi connectivity index (χ2v) is 4.66. The lowest BCUT2D eigenvalue weighted by molar-refractivity contribution is -0.133. The van der Waals surface area contributed by atoms with Crippen molar-refractivity contribution in [2.24, 2.45) is 0 Å². The van der Waals surface area contributed by atoms with Gasteiger partial charge in [0.2, 0.25) is 0 Å². The summed E-state index contributed by atoms with van der Waals surface area (Å²) in [6.07, 6.45) is 4.89. The number of carbonyl (C=O) groups excluding carboxylic acids is 1. The molecule has 1 amide bonds. The van der Waals surface area contributed by atoms with E-state index in [-0.39, 0.29) is 5.91 Å². The van der Waals surface area contributed by atoms with Gasteiger partial charge in [0.05, 0.1) is 13.2 Å². The lowest BCUT2D eigenvalue weighted by Gasteiger charge is -2.11. The molecule has 0 unspecified atom stereocenters. The molecule has 0 aromatic heterocycles. The summed E-state index contributed by atoms with van der Waals surface area (Å²) in [7, 11) is 0. The Bertz CT molecular complexity index is 361. The van der Waals surface area contributed by atoms with E-state index in [0.29, 0.717) is 19.2 Å². The van der Waals surface area contributed by atoms with E-state index in [0.717, 1.165) is 5.56 Å². The van der Waals surface area contributed by atoms with E-state index >= 15 is 0 Å². The van der Waals surface area contributed by atoms with Crippen LogP contribution >= 0.6 is 0 Å². The Kier molecular flexibility index (Phi) is 5.17. The maximum absolute atomic E-state index is 11.5. The van der Waals surface area contributed by atoms with Crippen LogP contribution in [0.3, 0.4) is 0 Å².